The van der Waals surface area contributed by atoms with E-state index in [0.29, 0.717) is 11.8 Å². The molecular weight excluding hydrogens is 729 g/mol. The van der Waals surface area contributed by atoms with Crippen LogP contribution in [0.2, 0.25) is 0 Å². The predicted molar refractivity (Wildman–Crippen MR) is 251 cm³/mol. The van der Waals surface area contributed by atoms with Crippen molar-refractivity contribution in [1.29, 1.82) is 0 Å². The van der Waals surface area contributed by atoms with Gasteiger partial charge in [0.1, 0.15) is 5.84 Å². The number of aliphatic imine (C=N–C) groups is 1. The molecule has 1 aromatic heterocycles. The number of nitrogens with one attached hydrogen (secondary N) is 1. The van der Waals surface area contributed by atoms with Gasteiger partial charge in [0.05, 0.1) is 17.4 Å². The Morgan fingerprint density at radius 2 is 1.32 bits per heavy atom. The van der Waals surface area contributed by atoms with Crippen molar-refractivity contribution in [3.05, 3.63) is 216 Å². The van der Waals surface area contributed by atoms with Crippen molar-refractivity contribution < 1.29 is 0 Å². The van der Waals surface area contributed by atoms with E-state index in [4.69, 9.17) is 15.0 Å². The second-order valence-electron chi connectivity index (χ2n) is 16.4. The zero-order chi connectivity index (χ0) is 40.1. The highest BCUT2D eigenvalue weighted by Gasteiger charge is 2.27. The minimum Gasteiger partial charge on any atom is -0.340 e. The van der Waals surface area contributed by atoms with Crippen molar-refractivity contribution in [3.8, 4) is 33.8 Å². The van der Waals surface area contributed by atoms with E-state index < -0.39 is 0 Å². The Morgan fingerprint density at radius 3 is 2.07 bits per heavy atom. The Labute approximate surface area is 354 Å². The van der Waals surface area contributed by atoms with Crippen molar-refractivity contribution in [2.75, 3.05) is 0 Å². The molecule has 6 aliphatic rings. The van der Waals surface area contributed by atoms with Gasteiger partial charge in [-0.3, -0.25) is 4.99 Å². The van der Waals surface area contributed by atoms with Gasteiger partial charge in [0.2, 0.25) is 0 Å². The lowest BCUT2D eigenvalue weighted by atomic mass is 9.87. The van der Waals surface area contributed by atoms with Crippen molar-refractivity contribution in [2.24, 2.45) is 10.9 Å². The van der Waals surface area contributed by atoms with Crippen LogP contribution in [0.15, 0.2) is 198 Å². The first-order valence-electron chi connectivity index (χ1n) is 21.8. The zero-order valence-corrected chi connectivity index (χ0v) is 34.1. The first-order valence-corrected chi connectivity index (χ1v) is 21.8. The maximum atomic E-state index is 5.61. The normalized spacial score (nSPS) is 21.8. The fraction of sp³-hybridized carbons (Fsp3) is 0.196. The van der Waals surface area contributed by atoms with Crippen LogP contribution in [0.5, 0.6) is 0 Å². The minimum absolute atomic E-state index is 0.0316. The molecule has 4 nitrogen and oxygen atoms in total. The van der Waals surface area contributed by atoms with Crippen molar-refractivity contribution >= 4 is 17.0 Å². The topological polar surface area (TPSA) is 50.2 Å². The third-order valence-corrected chi connectivity index (χ3v) is 12.3. The lowest BCUT2D eigenvalue weighted by Gasteiger charge is -2.28. The summed E-state index contributed by atoms with van der Waals surface area (Å²) in [4.78, 5) is 16.6. The summed E-state index contributed by atoms with van der Waals surface area (Å²) in [7, 11) is 0. The summed E-state index contributed by atoms with van der Waals surface area (Å²) < 4.78 is 0. The molecule has 4 heteroatoms. The molecule has 60 heavy (non-hydrogen) atoms. The van der Waals surface area contributed by atoms with Crippen LogP contribution in [0.25, 0.3) is 44.9 Å². The molecule has 4 aromatic rings. The molecule has 3 atom stereocenters. The van der Waals surface area contributed by atoms with E-state index in [1.807, 2.05) is 0 Å². The summed E-state index contributed by atoms with van der Waals surface area (Å²) in [5.74, 6) is 2.24. The van der Waals surface area contributed by atoms with Crippen LogP contribution in [0.3, 0.4) is 0 Å². The standard InChI is InChI=1S/C56H50N4/c1-7-20-39(21-8-1)47-35-48(40-22-9-2-10-23-40)37-49(36-47)56-59-53(43-28-15-5-16-29-43)52(54(60-56)44-30-17-6-18-31-44)45-32-19-33-46(34-45)55-57-50(41-24-11-3-12-25-41)38-51(58-55)42-26-13-4-14-27-42/h1,3-5,7-9,11-13,15-17,19-20,22-24,26,28-39,41,50H,2,6,10,14,18,21,25,27H2,(H,57,58). The molecule has 1 N–H and O–H groups in total. The number of amidine groups is 1. The SMILES string of the molecule is C1=CCCC(C2=CC(C3C=CC=CC3)N=C(c3cccc(-c4c(C5=CCCC=C5)nc(-c5cc(C6=CCCC=C6)cc(C6C=CC=CC6)c5)nc4-c4ccccc4)c3)N2)=C1. The molecule has 3 aromatic carbocycles. The van der Waals surface area contributed by atoms with E-state index in [1.54, 1.807) is 0 Å². The average Bonchev–Trinajstić information content (AvgIpc) is 3.35. The van der Waals surface area contributed by atoms with Crippen LogP contribution in [-0.4, -0.2) is 21.8 Å². The Kier molecular flexibility index (Phi) is 10.8. The average molecular weight is 779 g/mol. The number of hydrogen-bond acceptors (Lipinski definition) is 4. The second-order valence-corrected chi connectivity index (χ2v) is 16.4. The summed E-state index contributed by atoms with van der Waals surface area (Å²) in [6, 6.07) is 26.6. The molecule has 0 amide bonds. The molecule has 294 valence electrons. The predicted octanol–water partition coefficient (Wildman–Crippen LogP) is 13.6. The van der Waals surface area contributed by atoms with Gasteiger partial charge >= 0.3 is 0 Å². The van der Waals surface area contributed by atoms with Gasteiger partial charge in [0.15, 0.2) is 5.82 Å². The van der Waals surface area contributed by atoms with Gasteiger partial charge < -0.3 is 5.32 Å². The second kappa shape index (κ2) is 17.3. The van der Waals surface area contributed by atoms with Crippen LogP contribution >= 0.6 is 0 Å². The van der Waals surface area contributed by atoms with Crippen molar-refractivity contribution in [2.45, 2.75) is 63.3 Å². The van der Waals surface area contributed by atoms with Crippen LogP contribution in [-0.2, 0) is 0 Å². The van der Waals surface area contributed by atoms with E-state index in [1.165, 1.54) is 28.0 Å². The first-order chi connectivity index (χ1) is 29.7. The van der Waals surface area contributed by atoms with Gasteiger partial charge in [-0.15, -0.1) is 0 Å². The van der Waals surface area contributed by atoms with Gasteiger partial charge in [-0.1, -0.05) is 158 Å². The molecule has 3 unspecified atom stereocenters. The number of hydrogen-bond donors (Lipinski definition) is 1. The Morgan fingerprint density at radius 1 is 0.567 bits per heavy atom. The molecule has 10 rings (SSSR count). The van der Waals surface area contributed by atoms with Crippen molar-refractivity contribution in [3.63, 3.8) is 0 Å². The first kappa shape index (κ1) is 37.6. The van der Waals surface area contributed by atoms with Crippen molar-refractivity contribution in [1.82, 2.24) is 15.3 Å². The Bertz CT molecular complexity index is 2690. The number of rotatable bonds is 9. The summed E-state index contributed by atoms with van der Waals surface area (Å²) in [6.07, 6.45) is 48.8. The van der Waals surface area contributed by atoms with Crippen LogP contribution < -0.4 is 5.32 Å². The lowest BCUT2D eigenvalue weighted by Crippen LogP contribution is -2.34. The molecule has 0 spiro atoms. The minimum atomic E-state index is 0.0316. The summed E-state index contributed by atoms with van der Waals surface area (Å²) >= 11 is 0. The quantitative estimate of drug-likeness (QED) is 0.184. The van der Waals surface area contributed by atoms with Crippen LogP contribution in [0, 0.1) is 5.92 Å². The van der Waals surface area contributed by atoms with Crippen LogP contribution in [0.1, 0.15) is 79.7 Å². The smallest absolute Gasteiger partial charge is 0.160 e. The molecular formula is C56H50N4. The molecule has 0 saturated carbocycles. The number of nitrogens with zero attached hydrogens (tertiary/aromatic N) is 3. The fourth-order valence-electron chi connectivity index (χ4n) is 9.10. The maximum Gasteiger partial charge on any atom is 0.160 e. The lowest BCUT2D eigenvalue weighted by molar-refractivity contribution is 0.570. The van der Waals surface area contributed by atoms with E-state index in [9.17, 15) is 0 Å². The number of benzene rings is 3. The number of allylic oxidation sites excluding steroid dienone is 19. The summed E-state index contributed by atoms with van der Waals surface area (Å²) in [5, 5.41) is 3.80. The van der Waals surface area contributed by atoms with Crippen LogP contribution in [0.4, 0.5) is 0 Å². The maximum absolute atomic E-state index is 5.61. The van der Waals surface area contributed by atoms with Gasteiger partial charge in [0.25, 0.3) is 0 Å². The van der Waals surface area contributed by atoms with Gasteiger partial charge in [-0.2, -0.15) is 0 Å². The molecule has 0 radical (unpaired) electrons. The Balaban J connectivity index is 1.14. The molecule has 2 heterocycles. The van der Waals surface area contributed by atoms with E-state index in [0.717, 1.165) is 108 Å². The number of aromatic nitrogens is 2. The zero-order valence-electron chi connectivity index (χ0n) is 34.1. The third kappa shape index (κ3) is 8.03. The van der Waals surface area contributed by atoms with E-state index >= 15 is 0 Å². The molecule has 0 saturated heterocycles. The molecule has 1 aliphatic heterocycles. The Hall–Kier alpha value is -6.65. The molecule has 5 aliphatic carbocycles. The fourth-order valence-corrected chi connectivity index (χ4v) is 9.10. The van der Waals surface area contributed by atoms with Gasteiger partial charge in [0, 0.05) is 39.8 Å². The summed E-state index contributed by atoms with van der Waals surface area (Å²) in [5.41, 5.74) is 14.5. The molecule has 0 fully saturated rings. The third-order valence-electron chi connectivity index (χ3n) is 12.3. The molecule has 0 bridgehead atoms. The largest absolute Gasteiger partial charge is 0.340 e. The summed E-state index contributed by atoms with van der Waals surface area (Å²) in [6.45, 7) is 0. The highest BCUT2D eigenvalue weighted by atomic mass is 15.0. The van der Waals surface area contributed by atoms with E-state index in [2.05, 4.69) is 187 Å². The monoisotopic (exact) mass is 778 g/mol. The highest BCUT2D eigenvalue weighted by molar-refractivity contribution is 6.03. The highest BCUT2D eigenvalue weighted by Crippen LogP contribution is 2.41. The van der Waals surface area contributed by atoms with E-state index in [-0.39, 0.29) is 6.04 Å². The van der Waals surface area contributed by atoms with Gasteiger partial charge in [-0.25, -0.2) is 9.97 Å². The van der Waals surface area contributed by atoms with Gasteiger partial charge in [-0.05, 0) is 109 Å².